The van der Waals surface area contributed by atoms with Gasteiger partial charge in [-0.05, 0) is 23.8 Å². The Kier molecular flexibility index (Phi) is 4.49. The fourth-order valence-corrected chi connectivity index (χ4v) is 3.61. The van der Waals surface area contributed by atoms with Crippen molar-refractivity contribution in [3.8, 4) is 5.75 Å². The molecular weight excluding hydrogens is 334 g/mol. The predicted molar refractivity (Wildman–Crippen MR) is 92.2 cm³/mol. The van der Waals surface area contributed by atoms with Gasteiger partial charge in [0.1, 0.15) is 16.7 Å². The summed E-state index contributed by atoms with van der Waals surface area (Å²) in [6, 6.07) is 7.67. The minimum absolute atomic E-state index is 0.0930. The fraction of sp³-hybridized carbons (Fsp3) is 0.188. The van der Waals surface area contributed by atoms with Gasteiger partial charge < -0.3 is 9.84 Å². The maximum absolute atomic E-state index is 12.3. The average Bonchev–Trinajstić information content (AvgIpc) is 2.79. The maximum atomic E-state index is 12.3. The van der Waals surface area contributed by atoms with Gasteiger partial charge in [0.2, 0.25) is 0 Å². The smallest absolute Gasteiger partial charge is 0.305 e. The summed E-state index contributed by atoms with van der Waals surface area (Å²) in [5.74, 6) is -0.386. The van der Waals surface area contributed by atoms with Crippen LogP contribution >= 0.6 is 24.0 Å². The van der Waals surface area contributed by atoms with Gasteiger partial charge in [0.05, 0.1) is 11.3 Å². The van der Waals surface area contributed by atoms with Crippen LogP contribution in [0.4, 0.5) is 0 Å². The molecule has 23 heavy (non-hydrogen) atoms. The lowest BCUT2D eigenvalue weighted by atomic mass is 10.1. The number of nitrogens with zero attached hydrogens (tertiary/aromatic N) is 1. The van der Waals surface area contributed by atoms with E-state index in [2.05, 4.69) is 0 Å². The lowest BCUT2D eigenvalue weighted by Crippen LogP contribution is -2.30. The molecule has 2 heterocycles. The molecule has 1 saturated heterocycles. The fourth-order valence-electron chi connectivity index (χ4n) is 2.29. The molecule has 1 aromatic rings. The van der Waals surface area contributed by atoms with Crippen molar-refractivity contribution in [2.75, 3.05) is 13.2 Å². The summed E-state index contributed by atoms with van der Waals surface area (Å²) < 4.78 is 6.05. The van der Waals surface area contributed by atoms with Crippen molar-refractivity contribution in [3.63, 3.8) is 0 Å². The largest absolute Gasteiger partial charge is 0.488 e. The second-order valence-electron chi connectivity index (χ2n) is 5.02. The molecule has 2 aliphatic heterocycles. The van der Waals surface area contributed by atoms with Crippen LogP contribution in [0.2, 0.25) is 0 Å². The van der Waals surface area contributed by atoms with E-state index in [1.165, 1.54) is 16.7 Å². The molecule has 0 saturated carbocycles. The van der Waals surface area contributed by atoms with Gasteiger partial charge in [-0.3, -0.25) is 14.5 Å². The zero-order chi connectivity index (χ0) is 16.4. The van der Waals surface area contributed by atoms with Crippen molar-refractivity contribution in [2.24, 2.45) is 0 Å². The number of ether oxygens (including phenoxy) is 1. The first-order valence-corrected chi connectivity index (χ1v) is 8.16. The van der Waals surface area contributed by atoms with Crippen LogP contribution in [-0.2, 0) is 9.59 Å². The normalized spacial score (nSPS) is 18.7. The Labute approximate surface area is 142 Å². The molecule has 0 bridgehead atoms. The maximum Gasteiger partial charge on any atom is 0.305 e. The van der Waals surface area contributed by atoms with Crippen LogP contribution in [0, 0.1) is 0 Å². The van der Waals surface area contributed by atoms with Crippen LogP contribution in [0.1, 0.15) is 12.0 Å². The highest BCUT2D eigenvalue weighted by molar-refractivity contribution is 8.26. The van der Waals surface area contributed by atoms with E-state index in [4.69, 9.17) is 22.1 Å². The van der Waals surface area contributed by atoms with E-state index >= 15 is 0 Å². The summed E-state index contributed by atoms with van der Waals surface area (Å²) >= 11 is 6.35. The number of carboxylic acid groups (broad SMARTS) is 1. The van der Waals surface area contributed by atoms with Crippen molar-refractivity contribution in [1.82, 2.24) is 4.90 Å². The Morgan fingerprint density at radius 1 is 1.43 bits per heavy atom. The number of carbonyl (C=O) groups excluding carboxylic acids is 1. The number of thiocarbonyl (C=S) groups is 1. The Morgan fingerprint density at radius 3 is 3.00 bits per heavy atom. The Hall–Kier alpha value is -2.12. The van der Waals surface area contributed by atoms with Crippen LogP contribution in [0.15, 0.2) is 40.8 Å². The monoisotopic (exact) mass is 347 g/mol. The zero-order valence-corrected chi connectivity index (χ0v) is 13.7. The number of fused-ring (bicyclic) bond motifs is 1. The number of rotatable bonds is 4. The van der Waals surface area contributed by atoms with Crippen LogP contribution in [0.5, 0.6) is 5.75 Å². The molecule has 0 unspecified atom stereocenters. The third kappa shape index (κ3) is 3.46. The van der Waals surface area contributed by atoms with Crippen molar-refractivity contribution in [1.29, 1.82) is 0 Å². The third-order valence-electron chi connectivity index (χ3n) is 3.39. The minimum atomic E-state index is -0.956. The lowest BCUT2D eigenvalue weighted by Gasteiger charge is -2.16. The van der Waals surface area contributed by atoms with E-state index in [0.29, 0.717) is 15.8 Å². The molecule has 7 heteroatoms. The van der Waals surface area contributed by atoms with E-state index < -0.39 is 5.97 Å². The molecule has 118 valence electrons. The minimum Gasteiger partial charge on any atom is -0.488 e. The molecule has 1 fully saturated rings. The van der Waals surface area contributed by atoms with E-state index in [0.717, 1.165) is 16.9 Å². The molecule has 5 nitrogen and oxygen atoms in total. The molecule has 2 aliphatic rings. The van der Waals surface area contributed by atoms with Crippen LogP contribution < -0.4 is 4.74 Å². The summed E-state index contributed by atoms with van der Waals surface area (Å²) in [6.07, 6.45) is 3.61. The lowest BCUT2D eigenvalue weighted by molar-refractivity contribution is -0.137. The second kappa shape index (κ2) is 6.55. The predicted octanol–water partition coefficient (Wildman–Crippen LogP) is 2.68. The summed E-state index contributed by atoms with van der Waals surface area (Å²) in [5, 5.41) is 8.74. The Morgan fingerprint density at radius 2 is 2.22 bits per heavy atom. The van der Waals surface area contributed by atoms with Crippen molar-refractivity contribution >= 4 is 46.3 Å². The summed E-state index contributed by atoms with van der Waals surface area (Å²) in [7, 11) is 0. The highest BCUT2D eigenvalue weighted by Crippen LogP contribution is 2.33. The van der Waals surface area contributed by atoms with Gasteiger partial charge in [-0.15, -0.1) is 0 Å². The first-order chi connectivity index (χ1) is 11.0. The van der Waals surface area contributed by atoms with Gasteiger partial charge in [0.15, 0.2) is 0 Å². The number of thioether (sulfide) groups is 1. The van der Waals surface area contributed by atoms with Crippen LogP contribution in [0.3, 0.4) is 0 Å². The van der Waals surface area contributed by atoms with E-state index in [-0.39, 0.29) is 18.9 Å². The highest BCUT2D eigenvalue weighted by Gasteiger charge is 2.32. The molecule has 0 atom stereocenters. The van der Waals surface area contributed by atoms with Crippen molar-refractivity contribution in [3.05, 3.63) is 46.4 Å². The SMILES string of the molecule is O=C(O)CCN1C(=O)/C(=C\C2=Cc3ccccc3OC2)SC1=S. The Balaban J connectivity index is 1.79. The quantitative estimate of drug-likeness (QED) is 0.667. The van der Waals surface area contributed by atoms with Gasteiger partial charge in [0, 0.05) is 12.1 Å². The van der Waals surface area contributed by atoms with Gasteiger partial charge in [0.25, 0.3) is 5.91 Å². The van der Waals surface area contributed by atoms with Gasteiger partial charge in [-0.25, -0.2) is 0 Å². The molecule has 0 aliphatic carbocycles. The molecule has 0 spiro atoms. The number of para-hydroxylation sites is 1. The molecule has 0 radical (unpaired) electrons. The number of carboxylic acids is 1. The molecular formula is C16H13NO4S2. The van der Waals surface area contributed by atoms with Gasteiger partial charge >= 0.3 is 5.97 Å². The first kappa shape index (κ1) is 15.8. The summed E-state index contributed by atoms with van der Waals surface area (Å²) in [6.45, 7) is 0.478. The van der Waals surface area contributed by atoms with Crippen molar-refractivity contribution in [2.45, 2.75) is 6.42 Å². The van der Waals surface area contributed by atoms with E-state index in [1.807, 2.05) is 30.3 Å². The van der Waals surface area contributed by atoms with E-state index in [9.17, 15) is 9.59 Å². The van der Waals surface area contributed by atoms with Crippen LogP contribution in [0.25, 0.3) is 6.08 Å². The average molecular weight is 347 g/mol. The topological polar surface area (TPSA) is 66.8 Å². The first-order valence-electron chi connectivity index (χ1n) is 6.94. The van der Waals surface area contributed by atoms with Gasteiger partial charge in [-0.2, -0.15) is 0 Å². The second-order valence-corrected chi connectivity index (χ2v) is 6.70. The zero-order valence-electron chi connectivity index (χ0n) is 12.0. The summed E-state index contributed by atoms with van der Waals surface area (Å²) in [5.41, 5.74) is 1.84. The molecule has 1 N–H and O–H groups in total. The highest BCUT2D eigenvalue weighted by atomic mass is 32.2. The van der Waals surface area contributed by atoms with E-state index in [1.54, 1.807) is 6.08 Å². The number of carbonyl (C=O) groups is 2. The standard InChI is InChI=1S/C16H13NO4S2/c18-14(19)5-6-17-15(20)13(23-16(17)22)8-10-7-11-3-1-2-4-12(11)21-9-10/h1-4,7-8H,5-6,9H2,(H,18,19)/b13-8+. The Bertz CT molecular complexity index is 754. The van der Waals surface area contributed by atoms with Gasteiger partial charge in [-0.1, -0.05) is 42.2 Å². The molecule has 3 rings (SSSR count). The number of amides is 1. The molecule has 0 aromatic heterocycles. The van der Waals surface area contributed by atoms with Crippen LogP contribution in [-0.4, -0.2) is 39.4 Å². The third-order valence-corrected chi connectivity index (χ3v) is 4.77. The number of hydrogen-bond acceptors (Lipinski definition) is 5. The van der Waals surface area contributed by atoms with Crippen molar-refractivity contribution < 1.29 is 19.4 Å². The summed E-state index contributed by atoms with van der Waals surface area (Å²) in [4.78, 5) is 24.8. The number of hydrogen-bond donors (Lipinski definition) is 1. The number of benzene rings is 1. The number of aliphatic carboxylic acids is 1. The molecule has 1 amide bonds. The molecule has 1 aromatic carbocycles.